The minimum atomic E-state index is 0.169. The van der Waals surface area contributed by atoms with Crippen LogP contribution in [-0.4, -0.2) is 29.9 Å². The third-order valence-electron chi connectivity index (χ3n) is 4.63. The van der Waals surface area contributed by atoms with E-state index in [0.29, 0.717) is 13.0 Å². The minimum Gasteiger partial charge on any atom is -0.489 e. The fourth-order valence-corrected chi connectivity index (χ4v) is 3.15. The standard InChI is InChI=1S/C21H26N2O2/c1-16-4-2-6-18(12-16)15-25-20-7-3-5-17(13-20)14-21(24)23-10-8-19(22)9-11-23/h2-7,12-13,19H,8-11,14-15,22H2,1H3. The molecular weight excluding hydrogens is 312 g/mol. The number of hydrogen-bond donors (Lipinski definition) is 1. The van der Waals surface area contributed by atoms with Crippen LogP contribution in [0.2, 0.25) is 0 Å². The normalized spacial score (nSPS) is 15.2. The zero-order chi connectivity index (χ0) is 17.6. The van der Waals surface area contributed by atoms with Crippen LogP contribution in [0.1, 0.15) is 29.5 Å². The lowest BCUT2D eigenvalue weighted by Gasteiger charge is -2.30. The zero-order valence-electron chi connectivity index (χ0n) is 14.8. The Morgan fingerprint density at radius 3 is 2.60 bits per heavy atom. The van der Waals surface area contributed by atoms with Crippen molar-refractivity contribution in [1.29, 1.82) is 0 Å². The van der Waals surface area contributed by atoms with E-state index in [1.165, 1.54) is 5.56 Å². The first kappa shape index (κ1) is 17.5. The molecule has 3 rings (SSSR count). The molecule has 4 heteroatoms. The molecule has 0 spiro atoms. The van der Waals surface area contributed by atoms with Crippen molar-refractivity contribution < 1.29 is 9.53 Å². The van der Waals surface area contributed by atoms with Crippen molar-refractivity contribution in [2.24, 2.45) is 5.73 Å². The number of piperidine rings is 1. The molecule has 1 heterocycles. The summed E-state index contributed by atoms with van der Waals surface area (Å²) >= 11 is 0. The molecule has 2 N–H and O–H groups in total. The molecule has 1 aliphatic heterocycles. The van der Waals surface area contributed by atoms with Gasteiger partial charge in [-0.15, -0.1) is 0 Å². The average Bonchev–Trinajstić information content (AvgIpc) is 2.61. The van der Waals surface area contributed by atoms with Gasteiger partial charge in [0, 0.05) is 19.1 Å². The topological polar surface area (TPSA) is 55.6 Å². The molecule has 0 unspecified atom stereocenters. The van der Waals surface area contributed by atoms with Gasteiger partial charge in [0.05, 0.1) is 6.42 Å². The van der Waals surface area contributed by atoms with Gasteiger partial charge in [0.25, 0.3) is 0 Å². The lowest BCUT2D eigenvalue weighted by atomic mass is 10.0. The summed E-state index contributed by atoms with van der Waals surface area (Å²) in [6.07, 6.45) is 2.20. The summed E-state index contributed by atoms with van der Waals surface area (Å²) in [6.45, 7) is 4.14. The van der Waals surface area contributed by atoms with E-state index in [2.05, 4.69) is 25.1 Å². The van der Waals surface area contributed by atoms with Gasteiger partial charge in [-0.05, 0) is 43.0 Å². The Labute approximate surface area is 149 Å². The average molecular weight is 338 g/mol. The number of benzene rings is 2. The maximum absolute atomic E-state index is 12.4. The van der Waals surface area contributed by atoms with Crippen molar-refractivity contribution >= 4 is 5.91 Å². The Bertz CT molecular complexity index is 721. The monoisotopic (exact) mass is 338 g/mol. The maximum atomic E-state index is 12.4. The molecule has 25 heavy (non-hydrogen) atoms. The summed E-state index contributed by atoms with van der Waals surface area (Å²) < 4.78 is 5.89. The fourth-order valence-electron chi connectivity index (χ4n) is 3.15. The minimum absolute atomic E-state index is 0.169. The van der Waals surface area contributed by atoms with Crippen LogP contribution in [0.3, 0.4) is 0 Å². The lowest BCUT2D eigenvalue weighted by molar-refractivity contribution is -0.131. The first-order valence-electron chi connectivity index (χ1n) is 8.91. The number of ether oxygens (including phenoxy) is 1. The van der Waals surface area contributed by atoms with E-state index in [9.17, 15) is 4.79 Å². The first-order valence-corrected chi connectivity index (χ1v) is 8.91. The number of likely N-dealkylation sites (tertiary alicyclic amines) is 1. The van der Waals surface area contributed by atoms with Gasteiger partial charge in [0.1, 0.15) is 12.4 Å². The number of rotatable bonds is 5. The van der Waals surface area contributed by atoms with Crippen LogP contribution in [0.25, 0.3) is 0 Å². The van der Waals surface area contributed by atoms with Crippen LogP contribution >= 0.6 is 0 Å². The Kier molecular flexibility index (Phi) is 5.71. The van der Waals surface area contributed by atoms with Crippen LogP contribution in [0.15, 0.2) is 48.5 Å². The van der Waals surface area contributed by atoms with Gasteiger partial charge < -0.3 is 15.4 Å². The fraction of sp³-hybridized carbons (Fsp3) is 0.381. The van der Waals surface area contributed by atoms with E-state index >= 15 is 0 Å². The van der Waals surface area contributed by atoms with Crippen molar-refractivity contribution in [1.82, 2.24) is 4.90 Å². The largest absolute Gasteiger partial charge is 0.489 e. The van der Waals surface area contributed by atoms with E-state index in [1.54, 1.807) is 0 Å². The highest BCUT2D eigenvalue weighted by molar-refractivity contribution is 5.79. The molecule has 1 fully saturated rings. The molecule has 0 saturated carbocycles. The second kappa shape index (κ2) is 8.17. The number of aryl methyl sites for hydroxylation is 1. The predicted molar refractivity (Wildman–Crippen MR) is 99.4 cm³/mol. The Hall–Kier alpha value is -2.33. The molecule has 0 aromatic heterocycles. The summed E-state index contributed by atoms with van der Waals surface area (Å²) in [5.74, 6) is 0.968. The van der Waals surface area contributed by atoms with Gasteiger partial charge in [-0.3, -0.25) is 4.79 Å². The zero-order valence-corrected chi connectivity index (χ0v) is 14.8. The van der Waals surface area contributed by atoms with Crippen molar-refractivity contribution in [3.8, 4) is 5.75 Å². The van der Waals surface area contributed by atoms with Crippen molar-refractivity contribution in [2.75, 3.05) is 13.1 Å². The molecule has 2 aromatic rings. The third kappa shape index (κ3) is 5.07. The summed E-state index contributed by atoms with van der Waals surface area (Å²) in [4.78, 5) is 14.4. The van der Waals surface area contributed by atoms with Crippen molar-refractivity contribution in [3.05, 3.63) is 65.2 Å². The van der Waals surface area contributed by atoms with Crippen molar-refractivity contribution in [3.63, 3.8) is 0 Å². The van der Waals surface area contributed by atoms with E-state index in [-0.39, 0.29) is 11.9 Å². The smallest absolute Gasteiger partial charge is 0.226 e. The third-order valence-corrected chi connectivity index (χ3v) is 4.63. The molecule has 1 aliphatic rings. The van der Waals surface area contributed by atoms with Gasteiger partial charge in [0.2, 0.25) is 5.91 Å². The lowest BCUT2D eigenvalue weighted by Crippen LogP contribution is -2.43. The number of carbonyl (C=O) groups is 1. The van der Waals surface area contributed by atoms with Gasteiger partial charge in [-0.25, -0.2) is 0 Å². The first-order chi connectivity index (χ1) is 12.1. The SMILES string of the molecule is Cc1cccc(COc2cccc(CC(=O)N3CCC(N)CC3)c2)c1. The summed E-state index contributed by atoms with van der Waals surface area (Å²) in [5.41, 5.74) is 9.26. The second-order valence-electron chi connectivity index (χ2n) is 6.82. The van der Waals surface area contributed by atoms with Crippen LogP contribution in [0.4, 0.5) is 0 Å². The number of nitrogens with two attached hydrogens (primary N) is 1. The summed E-state index contributed by atoms with van der Waals surface area (Å²) in [5, 5.41) is 0. The van der Waals surface area contributed by atoms with E-state index in [1.807, 2.05) is 35.2 Å². The second-order valence-corrected chi connectivity index (χ2v) is 6.82. The van der Waals surface area contributed by atoms with E-state index in [4.69, 9.17) is 10.5 Å². The van der Waals surface area contributed by atoms with Gasteiger partial charge in [-0.2, -0.15) is 0 Å². The quantitative estimate of drug-likeness (QED) is 0.911. The molecule has 0 aliphatic carbocycles. The van der Waals surface area contributed by atoms with Crippen molar-refractivity contribution in [2.45, 2.75) is 38.8 Å². The van der Waals surface area contributed by atoms with Gasteiger partial charge in [0.15, 0.2) is 0 Å². The molecule has 0 radical (unpaired) electrons. The van der Waals surface area contributed by atoms with Gasteiger partial charge in [-0.1, -0.05) is 42.0 Å². The Morgan fingerprint density at radius 2 is 1.84 bits per heavy atom. The van der Waals surface area contributed by atoms with Gasteiger partial charge >= 0.3 is 0 Å². The highest BCUT2D eigenvalue weighted by atomic mass is 16.5. The highest BCUT2D eigenvalue weighted by Gasteiger charge is 2.20. The molecule has 2 aromatic carbocycles. The Morgan fingerprint density at radius 1 is 1.12 bits per heavy atom. The van der Waals surface area contributed by atoms with Crippen LogP contribution in [0, 0.1) is 6.92 Å². The molecule has 1 saturated heterocycles. The molecule has 132 valence electrons. The summed E-state index contributed by atoms with van der Waals surface area (Å²) in [6, 6.07) is 16.3. The van der Waals surface area contributed by atoms with E-state index in [0.717, 1.165) is 42.8 Å². The number of carbonyl (C=O) groups excluding carboxylic acids is 1. The van der Waals surface area contributed by atoms with Crippen LogP contribution < -0.4 is 10.5 Å². The molecular formula is C21H26N2O2. The van der Waals surface area contributed by atoms with Crippen LogP contribution in [-0.2, 0) is 17.8 Å². The Balaban J connectivity index is 1.56. The molecule has 4 nitrogen and oxygen atoms in total. The maximum Gasteiger partial charge on any atom is 0.226 e. The predicted octanol–water partition coefficient (Wildman–Crippen LogP) is 3.07. The molecule has 1 amide bonds. The molecule has 0 atom stereocenters. The number of amides is 1. The van der Waals surface area contributed by atoms with Crippen LogP contribution in [0.5, 0.6) is 5.75 Å². The number of nitrogens with zero attached hydrogens (tertiary/aromatic N) is 1. The number of hydrogen-bond acceptors (Lipinski definition) is 3. The summed E-state index contributed by atoms with van der Waals surface area (Å²) in [7, 11) is 0. The van der Waals surface area contributed by atoms with E-state index < -0.39 is 0 Å². The highest BCUT2D eigenvalue weighted by Crippen LogP contribution is 2.17. The molecule has 0 bridgehead atoms.